The van der Waals surface area contributed by atoms with Crippen LogP contribution in [0.5, 0.6) is 0 Å². The van der Waals surface area contributed by atoms with Crippen LogP contribution in [0.2, 0.25) is 18.1 Å². The van der Waals surface area contributed by atoms with Gasteiger partial charge in [0.1, 0.15) is 12.1 Å². The van der Waals surface area contributed by atoms with Gasteiger partial charge in [-0.05, 0) is 24.6 Å². The lowest BCUT2D eigenvalue weighted by atomic mass is 9.92. The molecule has 1 rings (SSSR count). The molecule has 2 atom stereocenters. The highest BCUT2D eigenvalue weighted by Crippen LogP contribution is 2.42. The first kappa shape index (κ1) is 21.0. The maximum Gasteiger partial charge on any atom is 0.266 e. The first-order chi connectivity index (χ1) is 10.3. The summed E-state index contributed by atoms with van der Waals surface area (Å²) in [6, 6.07) is 0. The van der Waals surface area contributed by atoms with E-state index in [1.54, 1.807) is 6.08 Å². The molecule has 0 aromatic carbocycles. The number of rotatable bonds is 6. The molecule has 23 heavy (non-hydrogen) atoms. The highest BCUT2D eigenvalue weighted by atomic mass is 35.6. The molecular weight excluding hydrogens is 373 g/mol. The molecule has 0 aliphatic carbocycles. The summed E-state index contributed by atoms with van der Waals surface area (Å²) in [5.41, 5.74) is -0.775. The van der Waals surface area contributed by atoms with Crippen LogP contribution >= 0.6 is 34.8 Å². The zero-order valence-corrected chi connectivity index (χ0v) is 17.7. The van der Waals surface area contributed by atoms with Crippen molar-refractivity contribution in [2.24, 2.45) is 4.99 Å². The van der Waals surface area contributed by atoms with Gasteiger partial charge in [0, 0.05) is 0 Å². The number of ether oxygens (including phenoxy) is 1. The van der Waals surface area contributed by atoms with Gasteiger partial charge >= 0.3 is 0 Å². The summed E-state index contributed by atoms with van der Waals surface area (Å²) >= 11 is 17.7. The number of nitrogens with zero attached hydrogens (tertiary/aromatic N) is 1. The molecule has 0 fully saturated rings. The third-order valence-electron chi connectivity index (χ3n) is 4.53. The monoisotopic (exact) mass is 397 g/mol. The van der Waals surface area contributed by atoms with Crippen molar-refractivity contribution >= 4 is 49.0 Å². The number of aliphatic imine (C=N–C) groups is 1. The first-order valence-electron chi connectivity index (χ1n) is 7.51. The molecule has 0 bridgehead atoms. The van der Waals surface area contributed by atoms with Crippen molar-refractivity contribution in [1.82, 2.24) is 0 Å². The van der Waals surface area contributed by atoms with Crippen molar-refractivity contribution in [2.45, 2.75) is 60.8 Å². The van der Waals surface area contributed by atoms with Gasteiger partial charge < -0.3 is 9.16 Å². The van der Waals surface area contributed by atoms with Crippen LogP contribution in [0.4, 0.5) is 0 Å². The van der Waals surface area contributed by atoms with Crippen molar-refractivity contribution in [2.75, 3.05) is 6.61 Å². The van der Waals surface area contributed by atoms with Gasteiger partial charge in [-0.2, -0.15) is 0 Å². The highest BCUT2D eigenvalue weighted by molar-refractivity contribution is 6.76. The predicted molar refractivity (Wildman–Crippen MR) is 103 cm³/mol. The van der Waals surface area contributed by atoms with Crippen LogP contribution < -0.4 is 0 Å². The Labute approximate surface area is 155 Å². The van der Waals surface area contributed by atoms with Crippen LogP contribution in [0.25, 0.3) is 0 Å². The van der Waals surface area contributed by atoms with Crippen molar-refractivity contribution in [3.63, 3.8) is 0 Å². The lowest BCUT2D eigenvalue weighted by molar-refractivity contribution is 0.102. The fourth-order valence-electron chi connectivity index (χ4n) is 2.02. The van der Waals surface area contributed by atoms with Crippen LogP contribution in [0.15, 0.2) is 30.3 Å². The highest BCUT2D eigenvalue weighted by Gasteiger charge is 2.49. The second-order valence-corrected chi connectivity index (χ2v) is 14.3. The molecule has 0 saturated heterocycles. The fourth-order valence-corrected chi connectivity index (χ4v) is 3.68. The van der Waals surface area contributed by atoms with Crippen molar-refractivity contribution in [1.29, 1.82) is 0 Å². The van der Waals surface area contributed by atoms with Crippen LogP contribution in [0.3, 0.4) is 0 Å². The molecule has 132 valence electrons. The van der Waals surface area contributed by atoms with Gasteiger partial charge in [-0.15, -0.1) is 13.2 Å². The van der Waals surface area contributed by atoms with E-state index < -0.39 is 17.6 Å². The van der Waals surface area contributed by atoms with E-state index in [1.807, 2.05) is 6.08 Å². The summed E-state index contributed by atoms with van der Waals surface area (Å²) < 4.78 is 10.4. The van der Waals surface area contributed by atoms with E-state index in [0.717, 1.165) is 0 Å². The van der Waals surface area contributed by atoms with E-state index in [-0.39, 0.29) is 23.6 Å². The van der Waals surface area contributed by atoms with Crippen molar-refractivity contribution in [3.8, 4) is 0 Å². The second kappa shape index (κ2) is 7.09. The summed E-state index contributed by atoms with van der Waals surface area (Å²) in [6.07, 6.45) is 3.88. The Hall–Kier alpha value is -0.00312. The molecule has 0 N–H and O–H groups in total. The minimum atomic E-state index is -2.02. The maximum absolute atomic E-state index is 6.56. The Morgan fingerprint density at radius 1 is 1.35 bits per heavy atom. The summed E-state index contributed by atoms with van der Waals surface area (Å²) in [5.74, 6) is 0.0790. The average Bonchev–Trinajstić information content (AvgIpc) is 2.82. The Morgan fingerprint density at radius 2 is 1.91 bits per heavy atom. The minimum absolute atomic E-state index is 0.0655. The van der Waals surface area contributed by atoms with Crippen LogP contribution in [-0.2, 0) is 9.16 Å². The molecule has 0 amide bonds. The molecule has 1 heterocycles. The zero-order chi connectivity index (χ0) is 18.1. The quantitative estimate of drug-likeness (QED) is 0.327. The number of alkyl halides is 3. The number of hydrogen-bond donors (Lipinski definition) is 0. The smallest absolute Gasteiger partial charge is 0.266 e. The summed E-state index contributed by atoms with van der Waals surface area (Å²) in [7, 11) is -2.02. The number of hydrogen-bond acceptors (Lipinski definition) is 3. The Kier molecular flexibility index (Phi) is 6.48. The van der Waals surface area contributed by atoms with Gasteiger partial charge in [-0.1, -0.05) is 67.7 Å². The van der Waals surface area contributed by atoms with Crippen molar-refractivity contribution in [3.05, 3.63) is 25.3 Å². The first-order valence-corrected chi connectivity index (χ1v) is 11.6. The van der Waals surface area contributed by atoms with E-state index in [9.17, 15) is 0 Å². The van der Waals surface area contributed by atoms with Crippen LogP contribution in [0.1, 0.15) is 27.2 Å². The summed E-state index contributed by atoms with van der Waals surface area (Å²) in [4.78, 5) is 4.52. The molecule has 0 radical (unpaired) electrons. The van der Waals surface area contributed by atoms with E-state index in [0.29, 0.717) is 6.42 Å². The van der Waals surface area contributed by atoms with Gasteiger partial charge in [0.15, 0.2) is 8.32 Å². The molecule has 7 heteroatoms. The van der Waals surface area contributed by atoms with Crippen LogP contribution in [-0.4, -0.2) is 36.3 Å². The summed E-state index contributed by atoms with van der Waals surface area (Å²) in [6.45, 7) is 18.9. The Bertz CT molecular complexity index is 495. The Morgan fingerprint density at radius 3 is 2.26 bits per heavy atom. The van der Waals surface area contributed by atoms with Gasteiger partial charge in [0.2, 0.25) is 5.90 Å². The predicted octanol–water partition coefficient (Wildman–Crippen LogP) is 5.68. The molecule has 0 unspecified atom stereocenters. The topological polar surface area (TPSA) is 30.8 Å². The second-order valence-electron chi connectivity index (χ2n) is 7.29. The molecule has 1 aliphatic rings. The maximum atomic E-state index is 6.56. The molecule has 0 saturated carbocycles. The molecule has 3 nitrogen and oxygen atoms in total. The SMILES string of the molecule is C=CC[C@@H](O[Si](C)(C)C(C)(C)C)[C@@]1(C=C)COC(C(Cl)(Cl)Cl)=N1. The summed E-state index contributed by atoms with van der Waals surface area (Å²) in [5, 5.41) is 0.0655. The molecular formula is C16H26Cl3NO2Si. The number of halogens is 3. The zero-order valence-electron chi connectivity index (χ0n) is 14.5. The van der Waals surface area contributed by atoms with Gasteiger partial charge in [-0.3, -0.25) is 0 Å². The molecule has 0 aromatic rings. The fraction of sp³-hybridized carbons (Fsp3) is 0.688. The van der Waals surface area contributed by atoms with Gasteiger partial charge in [-0.25, -0.2) is 4.99 Å². The van der Waals surface area contributed by atoms with E-state index >= 15 is 0 Å². The third-order valence-corrected chi connectivity index (χ3v) is 9.50. The van der Waals surface area contributed by atoms with Gasteiger partial charge in [0.05, 0.1) is 6.10 Å². The van der Waals surface area contributed by atoms with E-state index in [1.165, 1.54) is 0 Å². The van der Waals surface area contributed by atoms with Gasteiger partial charge in [0.25, 0.3) is 3.79 Å². The van der Waals surface area contributed by atoms with E-state index in [2.05, 4.69) is 52.0 Å². The normalized spacial score (nSPS) is 23.9. The van der Waals surface area contributed by atoms with Crippen LogP contribution in [0, 0.1) is 0 Å². The molecule has 1 aliphatic heterocycles. The lowest BCUT2D eigenvalue weighted by Crippen LogP contribution is -2.51. The Balaban J connectivity index is 3.20. The largest absolute Gasteiger partial charge is 0.475 e. The van der Waals surface area contributed by atoms with Crippen molar-refractivity contribution < 1.29 is 9.16 Å². The average molecular weight is 399 g/mol. The standard InChI is InChI=1S/C16H26Cl3NO2Si/c1-8-10-12(22-23(6,7)14(3,4)5)15(9-2)11-21-13(20-15)16(17,18)19/h8-9,12H,1-2,10-11H2,3-7H3/t12-,15-/m1/s1. The third kappa shape index (κ3) is 4.76. The van der Waals surface area contributed by atoms with E-state index in [4.69, 9.17) is 44.0 Å². The minimum Gasteiger partial charge on any atom is -0.475 e. The molecule has 0 aromatic heterocycles. The lowest BCUT2D eigenvalue weighted by Gasteiger charge is -2.42. The molecule has 0 spiro atoms.